The zero-order chi connectivity index (χ0) is 18.2. The van der Waals surface area contributed by atoms with Gasteiger partial charge in [-0.15, -0.1) is 11.3 Å². The molecule has 0 bridgehead atoms. The number of thiazole rings is 1. The minimum Gasteiger partial charge on any atom is -0.389 e. The van der Waals surface area contributed by atoms with Crippen molar-refractivity contribution in [3.05, 3.63) is 58.1 Å². The third kappa shape index (κ3) is 3.64. The molecule has 0 unspecified atom stereocenters. The number of alkyl halides is 3. The Kier molecular flexibility index (Phi) is 4.49. The average Bonchev–Trinajstić information content (AvgIpc) is 2.96. The molecule has 25 heavy (non-hydrogen) atoms. The van der Waals surface area contributed by atoms with Crippen LogP contribution in [-0.2, 0) is 12.8 Å². The number of aliphatic hydroxyl groups excluding tert-OH is 1. The molecule has 0 aliphatic carbocycles. The van der Waals surface area contributed by atoms with E-state index < -0.39 is 17.6 Å². The van der Waals surface area contributed by atoms with Gasteiger partial charge in [-0.05, 0) is 42.8 Å². The molecule has 0 radical (unpaired) electrons. The highest BCUT2D eigenvalue weighted by atomic mass is 32.1. The van der Waals surface area contributed by atoms with E-state index in [9.17, 15) is 18.0 Å². The summed E-state index contributed by atoms with van der Waals surface area (Å²) >= 11 is 1.33. The largest absolute Gasteiger partial charge is 0.416 e. The molecular weight excluding hydrogens is 353 g/mol. The first kappa shape index (κ1) is 17.4. The van der Waals surface area contributed by atoms with Crippen LogP contribution in [0.5, 0.6) is 0 Å². The SMILES string of the molecule is Cc1ccc(C(F)(F)F)cc1C(=O)Nc1ccc2sc(CO)nc2c1. The smallest absolute Gasteiger partial charge is 0.389 e. The highest BCUT2D eigenvalue weighted by Gasteiger charge is 2.31. The Bertz CT molecular complexity index is 951. The maximum absolute atomic E-state index is 12.8. The van der Waals surface area contributed by atoms with Crippen molar-refractivity contribution in [2.24, 2.45) is 0 Å². The number of aliphatic hydroxyl groups is 1. The Labute approximate surface area is 144 Å². The Morgan fingerprint density at radius 2 is 2.00 bits per heavy atom. The van der Waals surface area contributed by atoms with Crippen LogP contribution in [0.4, 0.5) is 18.9 Å². The van der Waals surface area contributed by atoms with Crippen molar-refractivity contribution in [1.82, 2.24) is 4.98 Å². The van der Waals surface area contributed by atoms with Crippen LogP contribution in [-0.4, -0.2) is 16.0 Å². The molecule has 4 nitrogen and oxygen atoms in total. The van der Waals surface area contributed by atoms with Crippen LogP contribution in [0.15, 0.2) is 36.4 Å². The highest BCUT2D eigenvalue weighted by Crippen LogP contribution is 2.31. The van der Waals surface area contributed by atoms with Gasteiger partial charge in [0.05, 0.1) is 22.4 Å². The topological polar surface area (TPSA) is 62.2 Å². The Hall–Kier alpha value is -2.45. The zero-order valence-corrected chi connectivity index (χ0v) is 13.8. The molecule has 1 aromatic heterocycles. The number of carbonyl (C=O) groups excluding carboxylic acids is 1. The molecule has 130 valence electrons. The second-order valence-corrected chi connectivity index (χ2v) is 6.55. The summed E-state index contributed by atoms with van der Waals surface area (Å²) in [6.45, 7) is 1.40. The number of anilines is 1. The van der Waals surface area contributed by atoms with Gasteiger partial charge in [0.25, 0.3) is 5.91 Å². The molecular formula is C17H13F3N2O2S. The fraction of sp³-hybridized carbons (Fsp3) is 0.176. The van der Waals surface area contributed by atoms with E-state index in [1.165, 1.54) is 17.4 Å². The van der Waals surface area contributed by atoms with Crippen molar-refractivity contribution >= 4 is 33.1 Å². The van der Waals surface area contributed by atoms with Crippen LogP contribution in [0.25, 0.3) is 10.2 Å². The standard InChI is InChI=1S/C17H13F3N2O2S/c1-9-2-3-10(17(18,19)20)6-12(9)16(24)21-11-4-5-14-13(7-11)22-15(8-23)25-14/h2-7,23H,8H2,1H3,(H,21,24). The van der Waals surface area contributed by atoms with E-state index in [2.05, 4.69) is 10.3 Å². The van der Waals surface area contributed by atoms with E-state index in [4.69, 9.17) is 5.11 Å². The summed E-state index contributed by atoms with van der Waals surface area (Å²) < 4.78 is 39.4. The number of aryl methyl sites for hydroxylation is 1. The molecule has 2 aromatic carbocycles. The Morgan fingerprint density at radius 3 is 2.68 bits per heavy atom. The number of halogens is 3. The molecule has 0 saturated carbocycles. The van der Waals surface area contributed by atoms with Crippen molar-refractivity contribution in [2.45, 2.75) is 19.7 Å². The first-order valence-electron chi connectivity index (χ1n) is 7.27. The van der Waals surface area contributed by atoms with E-state index in [0.29, 0.717) is 21.8 Å². The van der Waals surface area contributed by atoms with Gasteiger partial charge in [0.1, 0.15) is 5.01 Å². The molecule has 1 amide bonds. The van der Waals surface area contributed by atoms with Crippen molar-refractivity contribution < 1.29 is 23.1 Å². The second-order valence-electron chi connectivity index (χ2n) is 5.43. The first-order valence-corrected chi connectivity index (χ1v) is 8.09. The van der Waals surface area contributed by atoms with E-state index in [1.54, 1.807) is 25.1 Å². The number of hydrogen-bond donors (Lipinski definition) is 2. The molecule has 0 saturated heterocycles. The van der Waals surface area contributed by atoms with Gasteiger partial charge in [-0.3, -0.25) is 4.79 Å². The minimum absolute atomic E-state index is 0.0377. The van der Waals surface area contributed by atoms with Gasteiger partial charge in [0, 0.05) is 11.3 Å². The fourth-order valence-electron chi connectivity index (χ4n) is 2.36. The molecule has 3 rings (SSSR count). The van der Waals surface area contributed by atoms with Gasteiger partial charge < -0.3 is 10.4 Å². The number of benzene rings is 2. The van der Waals surface area contributed by atoms with Crippen LogP contribution in [0, 0.1) is 6.92 Å². The first-order chi connectivity index (χ1) is 11.8. The number of amides is 1. The molecule has 8 heteroatoms. The normalized spacial score (nSPS) is 11.7. The van der Waals surface area contributed by atoms with Gasteiger partial charge in [-0.1, -0.05) is 6.07 Å². The molecule has 0 atom stereocenters. The van der Waals surface area contributed by atoms with E-state index >= 15 is 0 Å². The summed E-state index contributed by atoms with van der Waals surface area (Å²) in [5.74, 6) is -0.624. The second kappa shape index (κ2) is 6.45. The Balaban J connectivity index is 1.89. The maximum atomic E-state index is 12.8. The van der Waals surface area contributed by atoms with Crippen molar-refractivity contribution in [1.29, 1.82) is 0 Å². The maximum Gasteiger partial charge on any atom is 0.416 e. The van der Waals surface area contributed by atoms with Gasteiger partial charge >= 0.3 is 6.18 Å². The predicted octanol–water partition coefficient (Wildman–Crippen LogP) is 4.37. The summed E-state index contributed by atoms with van der Waals surface area (Å²) in [6, 6.07) is 8.06. The lowest BCUT2D eigenvalue weighted by Gasteiger charge is -2.12. The quantitative estimate of drug-likeness (QED) is 0.724. The minimum atomic E-state index is -4.51. The number of aromatic nitrogens is 1. The van der Waals surface area contributed by atoms with Gasteiger partial charge in [-0.25, -0.2) is 4.98 Å². The number of carbonyl (C=O) groups is 1. The molecule has 3 aromatic rings. The van der Waals surface area contributed by atoms with Crippen LogP contribution in [0.2, 0.25) is 0 Å². The molecule has 0 fully saturated rings. The predicted molar refractivity (Wildman–Crippen MR) is 89.7 cm³/mol. The summed E-state index contributed by atoms with van der Waals surface area (Å²) in [5.41, 5.74) is 0.564. The van der Waals surface area contributed by atoms with E-state index in [0.717, 1.165) is 16.8 Å². The fourth-order valence-corrected chi connectivity index (χ4v) is 3.17. The van der Waals surface area contributed by atoms with Gasteiger partial charge in [-0.2, -0.15) is 13.2 Å². The van der Waals surface area contributed by atoms with E-state index in [1.807, 2.05) is 0 Å². The number of nitrogens with zero attached hydrogens (tertiary/aromatic N) is 1. The number of hydrogen-bond acceptors (Lipinski definition) is 4. The summed E-state index contributed by atoms with van der Waals surface area (Å²) in [4.78, 5) is 16.6. The molecule has 0 aliphatic heterocycles. The molecule has 1 heterocycles. The highest BCUT2D eigenvalue weighted by molar-refractivity contribution is 7.18. The van der Waals surface area contributed by atoms with Crippen molar-refractivity contribution in [3.8, 4) is 0 Å². The van der Waals surface area contributed by atoms with Crippen molar-refractivity contribution in [3.63, 3.8) is 0 Å². The van der Waals surface area contributed by atoms with Crippen LogP contribution < -0.4 is 5.32 Å². The third-order valence-electron chi connectivity index (χ3n) is 3.63. The Morgan fingerprint density at radius 1 is 1.24 bits per heavy atom. The van der Waals surface area contributed by atoms with E-state index in [-0.39, 0.29) is 12.2 Å². The molecule has 2 N–H and O–H groups in total. The molecule has 0 aliphatic rings. The molecule has 0 spiro atoms. The van der Waals surface area contributed by atoms with Gasteiger partial charge in [0.2, 0.25) is 0 Å². The average molecular weight is 366 g/mol. The lowest BCUT2D eigenvalue weighted by atomic mass is 10.0. The van der Waals surface area contributed by atoms with Crippen LogP contribution in [0.1, 0.15) is 26.5 Å². The number of rotatable bonds is 3. The van der Waals surface area contributed by atoms with Crippen molar-refractivity contribution in [2.75, 3.05) is 5.32 Å². The van der Waals surface area contributed by atoms with Gasteiger partial charge in [0.15, 0.2) is 0 Å². The number of fused-ring (bicyclic) bond motifs is 1. The zero-order valence-electron chi connectivity index (χ0n) is 13.0. The summed E-state index contributed by atoms with van der Waals surface area (Å²) in [6.07, 6.45) is -4.51. The lowest BCUT2D eigenvalue weighted by molar-refractivity contribution is -0.137. The van der Waals surface area contributed by atoms with Crippen LogP contribution in [0.3, 0.4) is 0 Å². The summed E-state index contributed by atoms with van der Waals surface area (Å²) in [7, 11) is 0. The lowest BCUT2D eigenvalue weighted by Crippen LogP contribution is -2.15. The third-order valence-corrected chi connectivity index (χ3v) is 4.66. The monoisotopic (exact) mass is 366 g/mol. The van der Waals surface area contributed by atoms with Crippen LogP contribution >= 0.6 is 11.3 Å². The summed E-state index contributed by atoms with van der Waals surface area (Å²) in [5, 5.41) is 12.3. The number of nitrogens with one attached hydrogen (secondary N) is 1.